The van der Waals surface area contributed by atoms with Gasteiger partial charge in [0.25, 0.3) is 0 Å². The quantitative estimate of drug-likeness (QED) is 0.916. The molecule has 3 nitrogen and oxygen atoms in total. The molecule has 0 bridgehead atoms. The van der Waals surface area contributed by atoms with Crippen LogP contribution < -0.4 is 5.32 Å². The van der Waals surface area contributed by atoms with Gasteiger partial charge < -0.3 is 10.1 Å². The maximum atomic E-state index is 12.8. The van der Waals surface area contributed by atoms with Crippen molar-refractivity contribution in [1.29, 1.82) is 0 Å². The molecule has 4 heteroatoms. The third kappa shape index (κ3) is 2.50. The summed E-state index contributed by atoms with van der Waals surface area (Å²) in [7, 11) is 1.75. The van der Waals surface area contributed by atoms with Crippen LogP contribution in [-0.2, 0) is 27.8 Å². The third-order valence-corrected chi connectivity index (χ3v) is 6.40. The van der Waals surface area contributed by atoms with Crippen LogP contribution in [-0.4, -0.2) is 25.2 Å². The minimum absolute atomic E-state index is 0.160. The van der Waals surface area contributed by atoms with Gasteiger partial charge in [0.2, 0.25) is 5.91 Å². The van der Waals surface area contributed by atoms with Crippen molar-refractivity contribution in [2.24, 2.45) is 0 Å². The Morgan fingerprint density at radius 1 is 1.17 bits per heavy atom. The molecule has 0 radical (unpaired) electrons. The lowest BCUT2D eigenvalue weighted by Crippen LogP contribution is -2.47. The highest BCUT2D eigenvalue weighted by Gasteiger charge is 2.52. The molecule has 0 spiro atoms. The summed E-state index contributed by atoms with van der Waals surface area (Å²) in [6.07, 6.45) is 3.65. The lowest BCUT2D eigenvalue weighted by atomic mass is 9.98. The summed E-state index contributed by atoms with van der Waals surface area (Å²) in [5.74, 6) is 0.160. The summed E-state index contributed by atoms with van der Waals surface area (Å²) in [6, 6.07) is 12.6. The van der Waals surface area contributed by atoms with Crippen molar-refractivity contribution in [3.8, 4) is 0 Å². The number of carbonyl (C=O) groups excluding carboxylic acids is 1. The molecule has 1 saturated carbocycles. The molecule has 0 unspecified atom stereocenters. The van der Waals surface area contributed by atoms with Crippen LogP contribution in [0.25, 0.3) is 0 Å². The molecule has 1 aromatic carbocycles. The monoisotopic (exact) mass is 327 g/mol. The van der Waals surface area contributed by atoms with Crippen LogP contribution in [0.5, 0.6) is 0 Å². The second-order valence-corrected chi connectivity index (χ2v) is 7.70. The van der Waals surface area contributed by atoms with E-state index in [1.165, 1.54) is 16.0 Å². The smallest absolute Gasteiger partial charge is 0.231 e. The van der Waals surface area contributed by atoms with Gasteiger partial charge >= 0.3 is 0 Å². The maximum Gasteiger partial charge on any atom is 0.231 e. The molecule has 1 aromatic heterocycles. The molecule has 0 aliphatic heterocycles. The normalized spacial score (nSPS) is 20.0. The minimum atomic E-state index is -0.301. The Labute approximate surface area is 140 Å². The summed E-state index contributed by atoms with van der Waals surface area (Å²) in [4.78, 5) is 13.9. The summed E-state index contributed by atoms with van der Waals surface area (Å²) in [5, 5.41) is 5.23. The first-order chi connectivity index (χ1) is 11.2. The predicted molar refractivity (Wildman–Crippen MR) is 91.8 cm³/mol. The van der Waals surface area contributed by atoms with E-state index in [9.17, 15) is 4.79 Å². The number of ether oxygens (including phenoxy) is 1. The van der Waals surface area contributed by atoms with Crippen LogP contribution in [0.2, 0.25) is 0 Å². The second kappa shape index (κ2) is 5.46. The van der Waals surface area contributed by atoms with Crippen molar-refractivity contribution in [3.05, 3.63) is 57.8 Å². The second-order valence-electron chi connectivity index (χ2n) is 6.75. The first kappa shape index (κ1) is 14.9. The number of thiophene rings is 1. The van der Waals surface area contributed by atoms with Gasteiger partial charge in [0.05, 0.1) is 11.0 Å². The van der Waals surface area contributed by atoms with Crippen LogP contribution in [0.15, 0.2) is 41.8 Å². The summed E-state index contributed by atoms with van der Waals surface area (Å²) < 4.78 is 5.84. The first-order valence-electron chi connectivity index (χ1n) is 8.12. The van der Waals surface area contributed by atoms with Crippen LogP contribution in [0.4, 0.5) is 0 Å². The van der Waals surface area contributed by atoms with E-state index in [0.29, 0.717) is 6.54 Å². The fourth-order valence-electron chi connectivity index (χ4n) is 3.67. The van der Waals surface area contributed by atoms with Gasteiger partial charge in [-0.05, 0) is 35.4 Å². The largest absolute Gasteiger partial charge is 0.376 e. The van der Waals surface area contributed by atoms with E-state index < -0.39 is 0 Å². The molecule has 1 fully saturated rings. The van der Waals surface area contributed by atoms with Gasteiger partial charge in [-0.25, -0.2) is 0 Å². The molecule has 4 rings (SSSR count). The Morgan fingerprint density at radius 2 is 1.87 bits per heavy atom. The third-order valence-electron chi connectivity index (χ3n) is 5.33. The number of hydrogen-bond donors (Lipinski definition) is 1. The Morgan fingerprint density at radius 3 is 2.39 bits per heavy atom. The Balaban J connectivity index is 1.46. The van der Waals surface area contributed by atoms with E-state index in [4.69, 9.17) is 4.74 Å². The zero-order chi connectivity index (χ0) is 15.9. The number of benzene rings is 1. The molecule has 1 heterocycles. The molecule has 1 amide bonds. The number of rotatable bonds is 5. The van der Waals surface area contributed by atoms with Gasteiger partial charge in [0.15, 0.2) is 0 Å². The molecule has 23 heavy (non-hydrogen) atoms. The molecule has 120 valence electrons. The number of amides is 1. The summed E-state index contributed by atoms with van der Waals surface area (Å²) in [5.41, 5.74) is 2.10. The van der Waals surface area contributed by atoms with E-state index in [1.807, 2.05) is 11.4 Å². The highest BCUT2D eigenvalue weighted by atomic mass is 32.1. The fraction of sp³-hybridized carbons (Fsp3) is 0.421. The highest BCUT2D eigenvalue weighted by molar-refractivity contribution is 7.10. The zero-order valence-corrected chi connectivity index (χ0v) is 14.1. The van der Waals surface area contributed by atoms with E-state index >= 15 is 0 Å². The van der Waals surface area contributed by atoms with E-state index in [-0.39, 0.29) is 16.9 Å². The highest BCUT2D eigenvalue weighted by Crippen LogP contribution is 2.50. The van der Waals surface area contributed by atoms with Crippen LogP contribution in [0.1, 0.15) is 28.8 Å². The van der Waals surface area contributed by atoms with Gasteiger partial charge in [-0.15, -0.1) is 11.3 Å². The topological polar surface area (TPSA) is 38.3 Å². The van der Waals surface area contributed by atoms with Gasteiger partial charge in [0, 0.05) is 31.4 Å². The molecule has 2 aliphatic carbocycles. The van der Waals surface area contributed by atoms with Crippen LogP contribution >= 0.6 is 11.3 Å². The standard InChI is InChI=1S/C19H21NO2S/c1-22-18(11-14-5-2-3-6-15(14)12-18)13-20-17(21)19(8-9-19)16-7-4-10-23-16/h2-7,10H,8-9,11-13H2,1H3,(H,20,21). The van der Waals surface area contributed by atoms with Crippen molar-refractivity contribution >= 4 is 17.2 Å². The SMILES string of the molecule is COC1(CNC(=O)C2(c3cccs3)CC2)Cc2ccccc2C1. The van der Waals surface area contributed by atoms with Crippen molar-refractivity contribution < 1.29 is 9.53 Å². The molecule has 2 aliphatic rings. The minimum Gasteiger partial charge on any atom is -0.376 e. The van der Waals surface area contributed by atoms with Gasteiger partial charge in [-0.1, -0.05) is 30.3 Å². The molecule has 0 atom stereocenters. The van der Waals surface area contributed by atoms with Gasteiger partial charge in [-0.3, -0.25) is 4.79 Å². The average Bonchev–Trinajstić information content (AvgIpc) is 3.05. The van der Waals surface area contributed by atoms with E-state index in [0.717, 1.165) is 25.7 Å². The van der Waals surface area contributed by atoms with Gasteiger partial charge in [-0.2, -0.15) is 0 Å². The number of nitrogens with one attached hydrogen (secondary N) is 1. The lowest BCUT2D eigenvalue weighted by molar-refractivity contribution is -0.125. The maximum absolute atomic E-state index is 12.8. The van der Waals surface area contributed by atoms with E-state index in [2.05, 4.69) is 35.6 Å². The predicted octanol–water partition coefficient (Wildman–Crippen LogP) is 3.08. The van der Waals surface area contributed by atoms with Crippen LogP contribution in [0.3, 0.4) is 0 Å². The molecule has 2 aromatic rings. The summed E-state index contributed by atoms with van der Waals surface area (Å²) in [6.45, 7) is 0.574. The molecule has 0 saturated heterocycles. The average molecular weight is 327 g/mol. The van der Waals surface area contributed by atoms with Crippen LogP contribution in [0, 0.1) is 0 Å². The van der Waals surface area contributed by atoms with Crippen molar-refractivity contribution in [2.45, 2.75) is 36.7 Å². The zero-order valence-electron chi connectivity index (χ0n) is 13.3. The number of carbonyl (C=O) groups is 1. The molecular formula is C19H21NO2S. The van der Waals surface area contributed by atoms with Crippen molar-refractivity contribution in [1.82, 2.24) is 5.32 Å². The fourth-order valence-corrected chi connectivity index (χ4v) is 4.66. The number of fused-ring (bicyclic) bond motifs is 1. The van der Waals surface area contributed by atoms with Crippen molar-refractivity contribution in [2.75, 3.05) is 13.7 Å². The first-order valence-corrected chi connectivity index (χ1v) is 9.00. The Bertz CT molecular complexity index is 694. The molecular weight excluding hydrogens is 306 g/mol. The Kier molecular flexibility index (Phi) is 3.54. The van der Waals surface area contributed by atoms with E-state index in [1.54, 1.807) is 18.4 Å². The lowest BCUT2D eigenvalue weighted by Gasteiger charge is -2.28. The number of methoxy groups -OCH3 is 1. The van der Waals surface area contributed by atoms with Gasteiger partial charge in [0.1, 0.15) is 0 Å². The number of hydrogen-bond acceptors (Lipinski definition) is 3. The summed E-state index contributed by atoms with van der Waals surface area (Å²) >= 11 is 1.68. The van der Waals surface area contributed by atoms with Crippen molar-refractivity contribution in [3.63, 3.8) is 0 Å². The Hall–Kier alpha value is -1.65. The molecule has 1 N–H and O–H groups in total.